The summed E-state index contributed by atoms with van der Waals surface area (Å²) in [5, 5.41) is 20.4. The van der Waals surface area contributed by atoms with Crippen LogP contribution in [0.3, 0.4) is 0 Å². The van der Waals surface area contributed by atoms with E-state index in [1.807, 2.05) is 13.8 Å². The largest absolute Gasteiger partial charge is 0.386 e. The lowest BCUT2D eigenvalue weighted by atomic mass is 9.92. The lowest BCUT2D eigenvalue weighted by Crippen LogP contribution is -2.25. The van der Waals surface area contributed by atoms with Gasteiger partial charge in [0.2, 0.25) is 0 Å². The third kappa shape index (κ3) is 9.67. The smallest absolute Gasteiger partial charge is 0.0800 e. The maximum absolute atomic E-state index is 10.2. The molecule has 0 heterocycles. The van der Waals surface area contributed by atoms with Crippen LogP contribution in [0.2, 0.25) is 0 Å². The van der Waals surface area contributed by atoms with Gasteiger partial charge in [-0.2, -0.15) is 0 Å². The van der Waals surface area contributed by atoms with Crippen LogP contribution in [-0.4, -0.2) is 21.4 Å². The molecule has 18 heavy (non-hydrogen) atoms. The summed E-state index contributed by atoms with van der Waals surface area (Å²) < 4.78 is 0. The van der Waals surface area contributed by atoms with Crippen LogP contribution in [-0.2, 0) is 0 Å². The standard InChI is InChI=1S/C16H32O2/c1-5-7-9-11-15(3,17)13-14-16(4,18)12-10-8-6-2/h13-14,17-18H,5-12H2,1-4H3/b14-13+. The average molecular weight is 256 g/mol. The Morgan fingerprint density at radius 1 is 0.722 bits per heavy atom. The van der Waals surface area contributed by atoms with Crippen molar-refractivity contribution >= 4 is 0 Å². The number of aliphatic hydroxyl groups is 2. The zero-order valence-corrected chi connectivity index (χ0v) is 12.7. The van der Waals surface area contributed by atoms with E-state index in [9.17, 15) is 10.2 Å². The molecule has 2 nitrogen and oxygen atoms in total. The molecule has 2 unspecified atom stereocenters. The van der Waals surface area contributed by atoms with Crippen LogP contribution in [0.4, 0.5) is 0 Å². The topological polar surface area (TPSA) is 40.5 Å². The average Bonchev–Trinajstić information content (AvgIpc) is 2.27. The molecule has 0 fully saturated rings. The molecule has 0 amide bonds. The normalized spacial score (nSPS) is 18.8. The van der Waals surface area contributed by atoms with Gasteiger partial charge in [0.25, 0.3) is 0 Å². The minimum absolute atomic E-state index is 0.766. The first-order chi connectivity index (χ1) is 8.33. The number of unbranched alkanes of at least 4 members (excludes halogenated alkanes) is 4. The van der Waals surface area contributed by atoms with E-state index in [1.54, 1.807) is 12.2 Å². The van der Waals surface area contributed by atoms with E-state index in [4.69, 9.17) is 0 Å². The molecule has 108 valence electrons. The van der Waals surface area contributed by atoms with Crippen LogP contribution in [0.25, 0.3) is 0 Å². The molecule has 0 spiro atoms. The summed E-state index contributed by atoms with van der Waals surface area (Å²) >= 11 is 0. The van der Waals surface area contributed by atoms with Crippen molar-refractivity contribution in [2.75, 3.05) is 0 Å². The van der Waals surface area contributed by atoms with Crippen molar-refractivity contribution in [3.05, 3.63) is 12.2 Å². The maximum atomic E-state index is 10.2. The van der Waals surface area contributed by atoms with Gasteiger partial charge in [-0.1, -0.05) is 64.5 Å². The maximum Gasteiger partial charge on any atom is 0.0800 e. The van der Waals surface area contributed by atoms with Crippen molar-refractivity contribution < 1.29 is 10.2 Å². The summed E-state index contributed by atoms with van der Waals surface area (Å²) in [6, 6.07) is 0. The molecule has 0 bridgehead atoms. The quantitative estimate of drug-likeness (QED) is 0.454. The van der Waals surface area contributed by atoms with Gasteiger partial charge in [-0.05, 0) is 26.7 Å². The van der Waals surface area contributed by atoms with Gasteiger partial charge in [0.1, 0.15) is 0 Å². The Bertz CT molecular complexity index is 205. The highest BCUT2D eigenvalue weighted by Gasteiger charge is 2.20. The van der Waals surface area contributed by atoms with E-state index < -0.39 is 11.2 Å². The van der Waals surface area contributed by atoms with E-state index in [2.05, 4.69) is 13.8 Å². The molecule has 0 aromatic rings. The highest BCUT2D eigenvalue weighted by molar-refractivity contribution is 5.06. The van der Waals surface area contributed by atoms with Crippen molar-refractivity contribution in [1.82, 2.24) is 0 Å². The van der Waals surface area contributed by atoms with Crippen molar-refractivity contribution in [3.63, 3.8) is 0 Å². The van der Waals surface area contributed by atoms with E-state index in [1.165, 1.54) is 0 Å². The third-order valence-electron chi connectivity index (χ3n) is 3.37. The van der Waals surface area contributed by atoms with Gasteiger partial charge in [-0.3, -0.25) is 0 Å². The molecular formula is C16H32O2. The first-order valence-electron chi connectivity index (χ1n) is 7.48. The highest BCUT2D eigenvalue weighted by Crippen LogP contribution is 2.21. The molecule has 0 aromatic heterocycles. The number of rotatable bonds is 10. The van der Waals surface area contributed by atoms with Gasteiger partial charge in [0, 0.05) is 0 Å². The predicted molar refractivity (Wildman–Crippen MR) is 78.7 cm³/mol. The fraction of sp³-hybridized carbons (Fsp3) is 0.875. The Morgan fingerprint density at radius 2 is 1.06 bits per heavy atom. The molecule has 0 saturated heterocycles. The van der Waals surface area contributed by atoms with Gasteiger partial charge in [0.05, 0.1) is 11.2 Å². The van der Waals surface area contributed by atoms with E-state index >= 15 is 0 Å². The molecule has 2 N–H and O–H groups in total. The van der Waals surface area contributed by atoms with Crippen LogP contribution in [0.1, 0.15) is 79.1 Å². The highest BCUT2D eigenvalue weighted by atomic mass is 16.3. The lowest BCUT2D eigenvalue weighted by molar-refractivity contribution is 0.0807. The molecule has 0 aromatic carbocycles. The summed E-state index contributed by atoms with van der Waals surface area (Å²) in [6.45, 7) is 7.95. The van der Waals surface area contributed by atoms with Gasteiger partial charge in [0.15, 0.2) is 0 Å². The fourth-order valence-corrected chi connectivity index (χ4v) is 1.99. The van der Waals surface area contributed by atoms with Gasteiger partial charge >= 0.3 is 0 Å². The van der Waals surface area contributed by atoms with E-state index in [0.29, 0.717) is 0 Å². The minimum Gasteiger partial charge on any atom is -0.386 e. The van der Waals surface area contributed by atoms with Crippen LogP contribution in [0, 0.1) is 0 Å². The third-order valence-corrected chi connectivity index (χ3v) is 3.37. The summed E-state index contributed by atoms with van der Waals surface area (Å²) in [5.74, 6) is 0. The molecule has 2 atom stereocenters. The van der Waals surface area contributed by atoms with Crippen molar-refractivity contribution in [3.8, 4) is 0 Å². The zero-order chi connectivity index (χ0) is 14.1. The summed E-state index contributed by atoms with van der Waals surface area (Å²) in [7, 11) is 0. The summed E-state index contributed by atoms with van der Waals surface area (Å²) in [4.78, 5) is 0. The van der Waals surface area contributed by atoms with E-state index in [-0.39, 0.29) is 0 Å². The van der Waals surface area contributed by atoms with Crippen LogP contribution >= 0.6 is 0 Å². The SMILES string of the molecule is CCCCCC(C)(O)/C=C/C(C)(O)CCCCC. The van der Waals surface area contributed by atoms with Crippen LogP contribution in [0.15, 0.2) is 12.2 Å². The van der Waals surface area contributed by atoms with Crippen molar-refractivity contribution in [2.24, 2.45) is 0 Å². The number of hydrogen-bond donors (Lipinski definition) is 2. The monoisotopic (exact) mass is 256 g/mol. The Balaban J connectivity index is 4.14. The van der Waals surface area contributed by atoms with Gasteiger partial charge in [-0.15, -0.1) is 0 Å². The second kappa shape index (κ2) is 8.71. The zero-order valence-electron chi connectivity index (χ0n) is 12.7. The first kappa shape index (κ1) is 17.7. The lowest BCUT2D eigenvalue weighted by Gasteiger charge is -2.23. The second-order valence-electron chi connectivity index (χ2n) is 5.96. The van der Waals surface area contributed by atoms with Crippen LogP contribution in [0.5, 0.6) is 0 Å². The Hall–Kier alpha value is -0.340. The summed E-state index contributed by atoms with van der Waals surface area (Å²) in [5.41, 5.74) is -1.58. The molecule has 0 aliphatic carbocycles. The molecule has 0 rings (SSSR count). The van der Waals surface area contributed by atoms with Crippen molar-refractivity contribution in [2.45, 2.75) is 90.3 Å². The van der Waals surface area contributed by atoms with Gasteiger partial charge < -0.3 is 10.2 Å². The Morgan fingerprint density at radius 3 is 1.33 bits per heavy atom. The molecule has 0 aliphatic heterocycles. The molecule has 0 radical (unpaired) electrons. The summed E-state index contributed by atoms with van der Waals surface area (Å²) in [6.07, 6.45) is 11.8. The molecule has 2 heteroatoms. The number of hydrogen-bond acceptors (Lipinski definition) is 2. The predicted octanol–water partition coefficient (Wildman–Crippen LogP) is 4.21. The molecule has 0 saturated carbocycles. The Labute approximate surface area is 113 Å². The molecule has 0 aliphatic rings. The van der Waals surface area contributed by atoms with Crippen LogP contribution < -0.4 is 0 Å². The second-order valence-corrected chi connectivity index (χ2v) is 5.96. The molecular weight excluding hydrogens is 224 g/mol. The Kier molecular flexibility index (Phi) is 8.54. The van der Waals surface area contributed by atoms with Crippen molar-refractivity contribution in [1.29, 1.82) is 0 Å². The fourth-order valence-electron chi connectivity index (χ4n) is 1.99. The van der Waals surface area contributed by atoms with E-state index in [0.717, 1.165) is 51.4 Å². The minimum atomic E-state index is -0.788. The first-order valence-corrected chi connectivity index (χ1v) is 7.48. The van der Waals surface area contributed by atoms with Gasteiger partial charge in [-0.25, -0.2) is 0 Å².